The molecule has 0 aliphatic rings. The molecule has 2 rings (SSSR count). The van der Waals surface area contributed by atoms with Crippen LogP contribution in [-0.2, 0) is 11.2 Å². The highest BCUT2D eigenvalue weighted by Crippen LogP contribution is 2.20. The van der Waals surface area contributed by atoms with Crippen LogP contribution >= 0.6 is 11.6 Å². The van der Waals surface area contributed by atoms with Crippen molar-refractivity contribution in [2.45, 2.75) is 19.4 Å². The van der Waals surface area contributed by atoms with Gasteiger partial charge in [0.15, 0.2) is 6.10 Å². The van der Waals surface area contributed by atoms with Gasteiger partial charge in [0, 0.05) is 11.4 Å². The summed E-state index contributed by atoms with van der Waals surface area (Å²) in [5, 5.41) is 9.82. The third-order valence-electron chi connectivity index (χ3n) is 2.94. The van der Waals surface area contributed by atoms with Gasteiger partial charge in [-0.05, 0) is 30.7 Å². The summed E-state index contributed by atoms with van der Waals surface area (Å²) in [5.41, 5.74) is 1.85. The number of hydrogen-bond acceptors (Lipinski definition) is 2. The van der Waals surface area contributed by atoms with E-state index in [2.05, 4.69) is 0 Å². The maximum Gasteiger partial charge on any atom is 0.345 e. The topological polar surface area (TPSA) is 46.5 Å². The van der Waals surface area contributed by atoms with Crippen LogP contribution in [0.3, 0.4) is 0 Å². The van der Waals surface area contributed by atoms with E-state index in [1.165, 1.54) is 0 Å². The van der Waals surface area contributed by atoms with Gasteiger partial charge in [-0.25, -0.2) is 4.79 Å². The average Bonchev–Trinajstić information content (AvgIpc) is 2.42. The quantitative estimate of drug-likeness (QED) is 0.913. The lowest BCUT2D eigenvalue weighted by Gasteiger charge is -2.16. The molecular weight excluding hydrogens is 276 g/mol. The summed E-state index contributed by atoms with van der Waals surface area (Å²) >= 11 is 6.05. The van der Waals surface area contributed by atoms with Gasteiger partial charge in [0.25, 0.3) is 0 Å². The number of benzene rings is 2. The van der Waals surface area contributed by atoms with E-state index in [0.717, 1.165) is 11.1 Å². The van der Waals surface area contributed by atoms with Crippen LogP contribution in [0.4, 0.5) is 0 Å². The lowest BCUT2D eigenvalue weighted by molar-refractivity contribution is -0.145. The summed E-state index contributed by atoms with van der Waals surface area (Å²) in [6.45, 7) is 1.96. The zero-order chi connectivity index (χ0) is 14.5. The molecule has 0 aliphatic carbocycles. The Hall–Kier alpha value is -2.00. The van der Waals surface area contributed by atoms with Gasteiger partial charge in [-0.2, -0.15) is 0 Å². The van der Waals surface area contributed by atoms with Crippen molar-refractivity contribution in [2.75, 3.05) is 0 Å². The smallest absolute Gasteiger partial charge is 0.345 e. The second kappa shape index (κ2) is 6.44. The maximum absolute atomic E-state index is 11.3. The molecule has 0 fully saturated rings. The molecule has 1 atom stereocenters. The van der Waals surface area contributed by atoms with Gasteiger partial charge in [-0.15, -0.1) is 0 Å². The van der Waals surface area contributed by atoms with Crippen LogP contribution in [-0.4, -0.2) is 17.2 Å². The normalized spacial score (nSPS) is 11.9. The second-order valence-corrected chi connectivity index (χ2v) is 4.96. The molecule has 2 aromatic rings. The standard InChI is InChI=1S/C16H15ClO3/c1-11-6-8-13(9-7-11)20-15(16(18)19)10-12-4-2-3-5-14(12)17/h2-9,15H,10H2,1H3,(H,18,19)/t15-/m1/s1. The van der Waals surface area contributed by atoms with Crippen LogP contribution in [0.15, 0.2) is 48.5 Å². The molecule has 0 amide bonds. The minimum atomic E-state index is -1.01. The highest BCUT2D eigenvalue weighted by atomic mass is 35.5. The molecule has 0 unspecified atom stereocenters. The molecule has 104 valence electrons. The predicted octanol–water partition coefficient (Wildman–Crippen LogP) is 3.72. The predicted molar refractivity (Wildman–Crippen MR) is 78.4 cm³/mol. The van der Waals surface area contributed by atoms with Gasteiger partial charge >= 0.3 is 5.97 Å². The Morgan fingerprint density at radius 3 is 2.45 bits per heavy atom. The number of carbonyl (C=O) groups is 1. The Kier molecular flexibility index (Phi) is 4.64. The molecule has 0 aromatic heterocycles. The molecule has 4 heteroatoms. The van der Waals surface area contributed by atoms with Gasteiger partial charge in [0.2, 0.25) is 0 Å². The third-order valence-corrected chi connectivity index (χ3v) is 3.31. The minimum absolute atomic E-state index is 0.225. The van der Waals surface area contributed by atoms with Crippen molar-refractivity contribution in [2.24, 2.45) is 0 Å². The van der Waals surface area contributed by atoms with Crippen molar-refractivity contribution in [3.63, 3.8) is 0 Å². The molecule has 0 radical (unpaired) electrons. The van der Waals surface area contributed by atoms with E-state index in [-0.39, 0.29) is 6.42 Å². The SMILES string of the molecule is Cc1ccc(O[C@H](Cc2ccccc2Cl)C(=O)O)cc1. The number of carboxylic acids is 1. The zero-order valence-corrected chi connectivity index (χ0v) is 11.8. The molecule has 20 heavy (non-hydrogen) atoms. The van der Waals surface area contributed by atoms with Crippen LogP contribution in [0.1, 0.15) is 11.1 Å². The largest absolute Gasteiger partial charge is 0.478 e. The van der Waals surface area contributed by atoms with E-state index >= 15 is 0 Å². The first-order chi connectivity index (χ1) is 9.56. The van der Waals surface area contributed by atoms with Crippen LogP contribution in [0, 0.1) is 6.92 Å². The molecular formula is C16H15ClO3. The number of aryl methyl sites for hydroxylation is 1. The maximum atomic E-state index is 11.3. The van der Waals surface area contributed by atoms with Crippen LogP contribution in [0.2, 0.25) is 5.02 Å². The fraction of sp³-hybridized carbons (Fsp3) is 0.188. The molecule has 3 nitrogen and oxygen atoms in total. The Bertz CT molecular complexity index is 593. The number of halogens is 1. The van der Waals surface area contributed by atoms with E-state index in [1.807, 2.05) is 31.2 Å². The van der Waals surface area contributed by atoms with E-state index in [9.17, 15) is 9.90 Å². The van der Waals surface area contributed by atoms with Crippen molar-refractivity contribution >= 4 is 17.6 Å². The molecule has 0 heterocycles. The van der Waals surface area contributed by atoms with E-state index in [0.29, 0.717) is 10.8 Å². The zero-order valence-electron chi connectivity index (χ0n) is 11.0. The summed E-state index contributed by atoms with van der Waals surface area (Å²) in [5.74, 6) is -0.472. The van der Waals surface area contributed by atoms with E-state index < -0.39 is 12.1 Å². The molecule has 0 saturated carbocycles. The monoisotopic (exact) mass is 290 g/mol. The molecule has 1 N–H and O–H groups in total. The van der Waals surface area contributed by atoms with Crippen molar-refractivity contribution in [3.8, 4) is 5.75 Å². The number of hydrogen-bond donors (Lipinski definition) is 1. The number of ether oxygens (including phenoxy) is 1. The molecule has 0 bridgehead atoms. The Morgan fingerprint density at radius 2 is 1.85 bits per heavy atom. The highest BCUT2D eigenvalue weighted by Gasteiger charge is 2.21. The first-order valence-corrected chi connectivity index (χ1v) is 6.63. The Balaban J connectivity index is 2.14. The summed E-state index contributed by atoms with van der Waals surface area (Å²) in [7, 11) is 0. The van der Waals surface area contributed by atoms with Crippen molar-refractivity contribution < 1.29 is 14.6 Å². The molecule has 2 aromatic carbocycles. The molecule has 0 aliphatic heterocycles. The first kappa shape index (κ1) is 14.4. The fourth-order valence-corrected chi connectivity index (χ4v) is 2.04. The third kappa shape index (κ3) is 3.75. The lowest BCUT2D eigenvalue weighted by atomic mass is 10.1. The minimum Gasteiger partial charge on any atom is -0.478 e. The van der Waals surface area contributed by atoms with Crippen LogP contribution < -0.4 is 4.74 Å². The second-order valence-electron chi connectivity index (χ2n) is 4.55. The van der Waals surface area contributed by atoms with Gasteiger partial charge in [-0.1, -0.05) is 47.5 Å². The molecule has 0 spiro atoms. The first-order valence-electron chi connectivity index (χ1n) is 6.26. The molecule has 0 saturated heterocycles. The summed E-state index contributed by atoms with van der Waals surface area (Å²) < 4.78 is 5.53. The Morgan fingerprint density at radius 1 is 1.20 bits per heavy atom. The lowest BCUT2D eigenvalue weighted by Crippen LogP contribution is -2.29. The van der Waals surface area contributed by atoms with Crippen molar-refractivity contribution in [1.82, 2.24) is 0 Å². The fourth-order valence-electron chi connectivity index (χ4n) is 1.82. The highest BCUT2D eigenvalue weighted by molar-refractivity contribution is 6.31. The van der Waals surface area contributed by atoms with Gasteiger partial charge in [0.05, 0.1) is 0 Å². The van der Waals surface area contributed by atoms with Crippen molar-refractivity contribution in [3.05, 3.63) is 64.7 Å². The van der Waals surface area contributed by atoms with Gasteiger partial charge < -0.3 is 9.84 Å². The van der Waals surface area contributed by atoms with Crippen molar-refractivity contribution in [1.29, 1.82) is 0 Å². The summed E-state index contributed by atoms with van der Waals surface area (Å²) in [4.78, 5) is 11.3. The van der Waals surface area contributed by atoms with E-state index in [1.54, 1.807) is 24.3 Å². The number of rotatable bonds is 5. The van der Waals surface area contributed by atoms with Gasteiger partial charge in [0.1, 0.15) is 5.75 Å². The van der Waals surface area contributed by atoms with Crippen LogP contribution in [0.5, 0.6) is 5.75 Å². The summed E-state index contributed by atoms with van der Waals surface area (Å²) in [6, 6.07) is 14.5. The average molecular weight is 291 g/mol. The van der Waals surface area contributed by atoms with Gasteiger partial charge in [-0.3, -0.25) is 0 Å². The van der Waals surface area contributed by atoms with Crippen LogP contribution in [0.25, 0.3) is 0 Å². The number of carboxylic acid groups (broad SMARTS) is 1. The Labute approximate surface area is 122 Å². The number of aliphatic carboxylic acids is 1. The summed E-state index contributed by atoms with van der Waals surface area (Å²) in [6.07, 6.45) is -0.735. The van der Waals surface area contributed by atoms with E-state index in [4.69, 9.17) is 16.3 Å².